The second-order valence-electron chi connectivity index (χ2n) is 12.3. The number of hydrogen-bond acceptors (Lipinski definition) is 4. The van der Waals surface area contributed by atoms with Crippen LogP contribution in [0.3, 0.4) is 0 Å². The van der Waals surface area contributed by atoms with Crippen molar-refractivity contribution in [1.82, 2.24) is 10.2 Å². The molecule has 4 aromatic carbocycles. The highest BCUT2D eigenvalue weighted by atomic mass is 35.5. The zero-order chi connectivity index (χ0) is 33.6. The quantitative estimate of drug-likeness (QED) is 0.179. The van der Waals surface area contributed by atoms with E-state index in [1.54, 1.807) is 49.4 Å². The lowest BCUT2D eigenvalue weighted by molar-refractivity contribution is -0.140. The number of aryl methyl sites for hydroxylation is 2. The van der Waals surface area contributed by atoms with Gasteiger partial charge < -0.3 is 10.2 Å². The highest BCUT2D eigenvalue weighted by molar-refractivity contribution is 7.92. The van der Waals surface area contributed by atoms with Crippen LogP contribution in [0.2, 0.25) is 10.0 Å². The van der Waals surface area contributed by atoms with Crippen LogP contribution in [-0.2, 0) is 32.6 Å². The van der Waals surface area contributed by atoms with Crippen LogP contribution in [0.15, 0.2) is 102 Å². The number of nitrogens with one attached hydrogen (secondary N) is 1. The van der Waals surface area contributed by atoms with Crippen LogP contribution in [0.25, 0.3) is 0 Å². The lowest BCUT2D eigenvalue weighted by Crippen LogP contribution is -2.56. The van der Waals surface area contributed by atoms with E-state index in [2.05, 4.69) is 5.32 Å². The van der Waals surface area contributed by atoms with Crippen molar-refractivity contribution in [3.63, 3.8) is 0 Å². The fourth-order valence-electron chi connectivity index (χ4n) is 5.06. The Kier molecular flexibility index (Phi) is 11.2. The molecule has 0 heterocycles. The summed E-state index contributed by atoms with van der Waals surface area (Å²) in [6, 6.07) is 26.9. The summed E-state index contributed by atoms with van der Waals surface area (Å²) in [5.41, 5.74) is 2.78. The van der Waals surface area contributed by atoms with Crippen molar-refractivity contribution < 1.29 is 18.0 Å². The van der Waals surface area contributed by atoms with Crippen molar-refractivity contribution in [2.24, 2.45) is 0 Å². The summed E-state index contributed by atoms with van der Waals surface area (Å²) in [5, 5.41) is 3.68. The first-order valence-electron chi connectivity index (χ1n) is 14.9. The predicted molar refractivity (Wildman–Crippen MR) is 186 cm³/mol. The molecule has 0 aliphatic heterocycles. The third kappa shape index (κ3) is 8.90. The lowest BCUT2D eigenvalue weighted by Gasteiger charge is -2.35. The first-order valence-corrected chi connectivity index (χ1v) is 17.1. The molecule has 4 aromatic rings. The smallest absolute Gasteiger partial charge is 0.264 e. The van der Waals surface area contributed by atoms with Crippen molar-refractivity contribution in [3.8, 4) is 0 Å². The van der Waals surface area contributed by atoms with Gasteiger partial charge in [-0.05, 0) is 87.2 Å². The van der Waals surface area contributed by atoms with Gasteiger partial charge in [0.1, 0.15) is 12.6 Å². The average molecular weight is 681 g/mol. The number of hydrogen-bond donors (Lipinski definition) is 1. The van der Waals surface area contributed by atoms with Gasteiger partial charge in [-0.25, -0.2) is 8.42 Å². The van der Waals surface area contributed by atoms with E-state index in [1.807, 2.05) is 70.2 Å². The van der Waals surface area contributed by atoms with Gasteiger partial charge in [0.2, 0.25) is 11.8 Å². The fourth-order valence-corrected chi connectivity index (χ4v) is 6.87. The van der Waals surface area contributed by atoms with Gasteiger partial charge in [-0.1, -0.05) is 89.9 Å². The van der Waals surface area contributed by atoms with Gasteiger partial charge in [-0.3, -0.25) is 13.9 Å². The Morgan fingerprint density at radius 2 is 1.43 bits per heavy atom. The third-order valence-corrected chi connectivity index (χ3v) is 9.86. The summed E-state index contributed by atoms with van der Waals surface area (Å²) < 4.78 is 29.6. The van der Waals surface area contributed by atoms with Crippen molar-refractivity contribution >= 4 is 50.7 Å². The van der Waals surface area contributed by atoms with Gasteiger partial charge >= 0.3 is 0 Å². The first-order chi connectivity index (χ1) is 21.7. The van der Waals surface area contributed by atoms with Crippen LogP contribution >= 0.6 is 23.2 Å². The summed E-state index contributed by atoms with van der Waals surface area (Å²) in [6.45, 7) is 8.70. The molecule has 0 radical (unpaired) electrons. The summed E-state index contributed by atoms with van der Waals surface area (Å²) in [6.07, 6.45) is 0.199. The molecule has 7 nitrogen and oxygen atoms in total. The molecule has 10 heteroatoms. The number of anilines is 1. The fraction of sp³-hybridized carbons (Fsp3) is 0.278. The number of benzene rings is 4. The lowest BCUT2D eigenvalue weighted by atomic mass is 10.0. The maximum Gasteiger partial charge on any atom is 0.264 e. The monoisotopic (exact) mass is 679 g/mol. The molecule has 0 saturated heterocycles. The minimum atomic E-state index is -4.19. The van der Waals surface area contributed by atoms with Crippen LogP contribution in [0, 0.1) is 13.8 Å². The topological polar surface area (TPSA) is 86.8 Å². The maximum absolute atomic E-state index is 14.6. The van der Waals surface area contributed by atoms with Crippen LogP contribution in [-0.4, -0.2) is 43.3 Å². The Hall–Kier alpha value is -3.85. The predicted octanol–water partition coefficient (Wildman–Crippen LogP) is 7.36. The number of nitrogens with zero attached hydrogens (tertiary/aromatic N) is 2. The van der Waals surface area contributed by atoms with Gasteiger partial charge in [0.25, 0.3) is 10.0 Å². The van der Waals surface area contributed by atoms with Gasteiger partial charge in [-0.15, -0.1) is 0 Å². The highest BCUT2D eigenvalue weighted by Crippen LogP contribution is 2.29. The molecule has 0 aliphatic carbocycles. The SMILES string of the molecule is Cc1ccc(C)c(N(CC(=O)N(Cc2ccc(Cl)c(Cl)c2)C(Cc2ccccc2)C(=O)NC(C)(C)C)S(=O)(=O)c2ccccc2)c1. The summed E-state index contributed by atoms with van der Waals surface area (Å²) in [7, 11) is -4.19. The Balaban J connectivity index is 1.86. The van der Waals surface area contributed by atoms with Gasteiger partial charge in [0.15, 0.2) is 0 Å². The molecule has 1 atom stereocenters. The Morgan fingerprint density at radius 1 is 0.804 bits per heavy atom. The number of carbonyl (C=O) groups is 2. The van der Waals surface area contributed by atoms with E-state index in [0.717, 1.165) is 15.4 Å². The standard InChI is InChI=1S/C36H39Cl2N3O4S/c1-25-16-17-26(2)32(20-25)41(46(44,45)29-14-10-7-11-15-29)24-34(42)40(23-28-18-19-30(37)31(38)21-28)33(35(43)39-36(3,4)5)22-27-12-8-6-9-13-27/h6-21,33H,22-24H2,1-5H3,(H,39,43). The van der Waals surface area contributed by atoms with E-state index in [4.69, 9.17) is 23.2 Å². The largest absolute Gasteiger partial charge is 0.350 e. The zero-order valence-electron chi connectivity index (χ0n) is 26.6. The van der Waals surface area contributed by atoms with Crippen molar-refractivity contribution in [2.45, 2.75) is 64.1 Å². The van der Waals surface area contributed by atoms with Crippen molar-refractivity contribution in [1.29, 1.82) is 0 Å². The molecular formula is C36H39Cl2N3O4S. The van der Waals surface area contributed by atoms with Gasteiger partial charge in [0, 0.05) is 18.5 Å². The number of sulfonamides is 1. The summed E-state index contributed by atoms with van der Waals surface area (Å²) >= 11 is 12.6. The van der Waals surface area contributed by atoms with Gasteiger partial charge in [0.05, 0.1) is 20.6 Å². The molecule has 0 aliphatic rings. The molecule has 0 bridgehead atoms. The molecule has 46 heavy (non-hydrogen) atoms. The van der Waals surface area contributed by atoms with E-state index in [-0.39, 0.29) is 23.8 Å². The first kappa shape index (κ1) is 35.0. The van der Waals surface area contributed by atoms with Crippen molar-refractivity contribution in [2.75, 3.05) is 10.8 Å². The van der Waals surface area contributed by atoms with Crippen LogP contribution < -0.4 is 9.62 Å². The highest BCUT2D eigenvalue weighted by Gasteiger charge is 2.36. The van der Waals surface area contributed by atoms with Gasteiger partial charge in [-0.2, -0.15) is 0 Å². The number of amides is 2. The van der Waals surface area contributed by atoms with E-state index in [1.165, 1.54) is 17.0 Å². The molecule has 0 spiro atoms. The molecule has 0 saturated carbocycles. The normalized spacial score (nSPS) is 12.3. The molecule has 1 N–H and O–H groups in total. The number of halogens is 2. The second-order valence-corrected chi connectivity index (χ2v) is 15.0. The molecular weight excluding hydrogens is 641 g/mol. The van der Waals surface area contributed by atoms with E-state index in [9.17, 15) is 18.0 Å². The molecule has 2 amide bonds. The number of carbonyl (C=O) groups excluding carboxylic acids is 2. The molecule has 0 aromatic heterocycles. The summed E-state index contributed by atoms with van der Waals surface area (Å²) in [4.78, 5) is 30.1. The van der Waals surface area contributed by atoms with E-state index in [0.29, 0.717) is 26.9 Å². The molecule has 242 valence electrons. The Bertz CT molecular complexity index is 1790. The maximum atomic E-state index is 14.6. The van der Waals surface area contributed by atoms with E-state index >= 15 is 0 Å². The van der Waals surface area contributed by atoms with Crippen LogP contribution in [0.5, 0.6) is 0 Å². The van der Waals surface area contributed by atoms with Crippen LogP contribution in [0.1, 0.15) is 43.0 Å². The minimum absolute atomic E-state index is 0.0171. The third-order valence-electron chi connectivity index (χ3n) is 7.35. The minimum Gasteiger partial charge on any atom is -0.350 e. The van der Waals surface area contributed by atoms with Crippen molar-refractivity contribution in [3.05, 3.63) is 129 Å². The molecule has 0 fully saturated rings. The summed E-state index contributed by atoms with van der Waals surface area (Å²) in [5.74, 6) is -0.926. The van der Waals surface area contributed by atoms with E-state index < -0.39 is 34.1 Å². The molecule has 4 rings (SSSR count). The Labute approximate surface area is 282 Å². The number of rotatable bonds is 11. The Morgan fingerprint density at radius 3 is 2.04 bits per heavy atom. The molecule has 1 unspecified atom stereocenters. The van der Waals surface area contributed by atoms with Crippen LogP contribution in [0.4, 0.5) is 5.69 Å². The second kappa shape index (κ2) is 14.7. The zero-order valence-corrected chi connectivity index (χ0v) is 29.0. The average Bonchev–Trinajstić information content (AvgIpc) is 3.00.